The van der Waals surface area contributed by atoms with Gasteiger partial charge in [-0.1, -0.05) is 10.2 Å². The van der Waals surface area contributed by atoms with Crippen LogP contribution in [0.3, 0.4) is 0 Å². The van der Waals surface area contributed by atoms with Gasteiger partial charge in [0.2, 0.25) is 0 Å². The van der Waals surface area contributed by atoms with Gasteiger partial charge in [-0.3, -0.25) is 14.4 Å². The van der Waals surface area contributed by atoms with Gasteiger partial charge in [-0.25, -0.2) is 39.9 Å². The Morgan fingerprint density at radius 2 is 1.00 bits per heavy atom. The van der Waals surface area contributed by atoms with E-state index in [1.807, 2.05) is 10.2 Å². The fraction of sp³-hybridized carbons (Fsp3) is 0.407. The summed E-state index contributed by atoms with van der Waals surface area (Å²) in [5.74, 6) is -22.1. The minimum atomic E-state index is -3.33. The van der Waals surface area contributed by atoms with Crippen molar-refractivity contribution in [3.05, 3.63) is 78.6 Å². The molecule has 0 aliphatic carbocycles. The lowest BCUT2D eigenvalue weighted by atomic mass is 10.1. The topological polar surface area (TPSA) is 272 Å². The standard InChI is InChI=1S/C11H12F4N4O4Si.C11H4F4N4O4.C4H13NO3Si.CH2Cl2/c1-21-24(22-2,23-3)4-17-11(20)5-6(12)8(14)10(18-19-16)9(15)7(5)13;12-6-5(7(13)9(15)10(8(6)14)17-18-16)11(22)23-19-3(20)1-2-4(19)21;1-6-9(4-5,7-2)8-3;2-1-3/h4H2,1-3H3,(H,17,20);1-2H2;4-5H2,1-3H3;1H2. The zero-order valence-electron chi connectivity index (χ0n) is 31.0. The molecule has 2 aromatic carbocycles. The van der Waals surface area contributed by atoms with Crippen molar-refractivity contribution in [1.29, 1.82) is 0 Å². The van der Waals surface area contributed by atoms with Gasteiger partial charge in [-0.15, -0.1) is 28.3 Å². The van der Waals surface area contributed by atoms with Gasteiger partial charge in [0, 0.05) is 65.3 Å². The summed E-state index contributed by atoms with van der Waals surface area (Å²) in [7, 11) is 2.53. The lowest BCUT2D eigenvalue weighted by Gasteiger charge is -2.24. The van der Waals surface area contributed by atoms with Crippen molar-refractivity contribution in [1.82, 2.24) is 10.4 Å². The second-order valence-electron chi connectivity index (χ2n) is 9.88. The summed E-state index contributed by atoms with van der Waals surface area (Å²) in [4.78, 5) is 54.2. The van der Waals surface area contributed by atoms with E-state index < -0.39 is 117 Å². The Morgan fingerprint density at radius 3 is 1.27 bits per heavy atom. The van der Waals surface area contributed by atoms with Gasteiger partial charge in [0.15, 0.2) is 46.5 Å². The first-order valence-electron chi connectivity index (χ1n) is 15.0. The fourth-order valence-electron chi connectivity index (χ4n) is 3.91. The number of carbonyl (C=O) groups excluding carboxylic acids is 4. The maximum atomic E-state index is 13.8. The molecule has 1 aliphatic rings. The van der Waals surface area contributed by atoms with Gasteiger partial charge in [-0.2, -0.15) is 0 Å². The third-order valence-corrected chi connectivity index (χ3v) is 11.8. The van der Waals surface area contributed by atoms with Crippen molar-refractivity contribution >= 4 is 75.9 Å². The van der Waals surface area contributed by atoms with E-state index in [4.69, 9.17) is 66.6 Å². The lowest BCUT2D eigenvalue weighted by molar-refractivity contribution is -0.172. The third-order valence-electron chi connectivity index (χ3n) is 6.96. The Labute approximate surface area is 339 Å². The number of imide groups is 1. The first-order valence-corrected chi connectivity index (χ1v) is 20.0. The predicted molar refractivity (Wildman–Crippen MR) is 188 cm³/mol. The molecule has 1 saturated heterocycles. The van der Waals surface area contributed by atoms with Crippen LogP contribution in [-0.4, -0.2) is 107 Å². The number of rotatable bonds is 14. The van der Waals surface area contributed by atoms with Crippen LogP contribution in [0.15, 0.2) is 10.2 Å². The van der Waals surface area contributed by atoms with E-state index in [9.17, 15) is 54.3 Å². The lowest BCUT2D eigenvalue weighted by Crippen LogP contribution is -2.53. The highest BCUT2D eigenvalue weighted by molar-refractivity contribution is 6.61. The quantitative estimate of drug-likeness (QED) is 0.0346. The number of azide groups is 2. The van der Waals surface area contributed by atoms with Gasteiger partial charge in [0.05, 0.1) is 17.7 Å². The molecule has 20 nitrogen and oxygen atoms in total. The molecule has 1 heterocycles. The van der Waals surface area contributed by atoms with E-state index in [1.165, 1.54) is 42.7 Å². The molecule has 0 bridgehead atoms. The third kappa shape index (κ3) is 13.7. The molecule has 0 saturated carbocycles. The summed E-state index contributed by atoms with van der Waals surface area (Å²) in [5, 5.41) is 7.10. The smallest absolute Gasteiger partial charge is 0.376 e. The molecule has 3 N–H and O–H groups in total. The molecule has 3 rings (SSSR count). The zero-order valence-corrected chi connectivity index (χ0v) is 34.5. The van der Waals surface area contributed by atoms with Crippen molar-refractivity contribution in [3.8, 4) is 0 Å². The van der Waals surface area contributed by atoms with E-state index in [1.54, 1.807) is 0 Å². The van der Waals surface area contributed by atoms with Gasteiger partial charge in [-0.05, 0) is 11.1 Å². The number of halogens is 10. The molecule has 0 atom stereocenters. The molecule has 3 amide bonds. The molecule has 0 aromatic heterocycles. The molecule has 1 fully saturated rings. The minimum Gasteiger partial charge on any atom is -0.376 e. The highest BCUT2D eigenvalue weighted by Gasteiger charge is 2.40. The van der Waals surface area contributed by atoms with Gasteiger partial charge < -0.3 is 42.4 Å². The predicted octanol–water partition coefficient (Wildman–Crippen LogP) is 5.52. The average molecular weight is 937 g/mol. The second kappa shape index (κ2) is 25.7. The number of hydrogen-bond acceptors (Lipinski definition) is 14. The monoisotopic (exact) mass is 935 g/mol. The van der Waals surface area contributed by atoms with Crippen LogP contribution in [0.2, 0.25) is 0 Å². The van der Waals surface area contributed by atoms with Crippen LogP contribution in [0.1, 0.15) is 33.6 Å². The van der Waals surface area contributed by atoms with Crippen LogP contribution in [0.4, 0.5) is 46.5 Å². The summed E-state index contributed by atoms with van der Waals surface area (Å²) in [6, 6.07) is 0. The largest absolute Gasteiger partial charge is 0.520 e. The Hall–Kier alpha value is -4.69. The van der Waals surface area contributed by atoms with E-state index >= 15 is 0 Å². The molecule has 59 heavy (non-hydrogen) atoms. The highest BCUT2D eigenvalue weighted by atomic mass is 35.5. The van der Waals surface area contributed by atoms with Crippen molar-refractivity contribution in [2.24, 2.45) is 16.0 Å². The minimum absolute atomic E-state index is 0.0572. The molecule has 2 aromatic rings. The summed E-state index contributed by atoms with van der Waals surface area (Å²) >= 11 is 9.53. The number of amides is 3. The normalized spacial score (nSPS) is 12.1. The van der Waals surface area contributed by atoms with Crippen LogP contribution in [0.25, 0.3) is 20.9 Å². The number of alkyl halides is 2. The first-order chi connectivity index (χ1) is 27.7. The number of nitrogens with zero attached hydrogens (tertiary/aromatic N) is 7. The molecule has 0 unspecified atom stereocenters. The number of hydroxylamine groups is 2. The Balaban J connectivity index is 0.000000898. The van der Waals surface area contributed by atoms with E-state index in [-0.39, 0.29) is 23.2 Å². The number of nitrogens with two attached hydrogens (primary N) is 1. The average Bonchev–Trinajstić information content (AvgIpc) is 3.54. The second-order valence-corrected chi connectivity index (χ2v) is 16.6. The van der Waals surface area contributed by atoms with Crippen LogP contribution in [0.5, 0.6) is 0 Å². The SMILES string of the molecule is CO[Si](CN)(OC)OC.CO[Si](CNC(=O)c1c(F)c(F)c(N=[N+]=[N-])c(F)c1F)(OC)OC.ClCCl.[N-]=[N+]=Nc1c(F)c(F)c(C(=O)ON2C(=O)CCC2=O)c(F)c1F. The fourth-order valence-corrected chi connectivity index (χ4v) is 6.22. The Morgan fingerprint density at radius 1 is 0.678 bits per heavy atom. The summed E-state index contributed by atoms with van der Waals surface area (Å²) in [5.41, 5.74) is 15.1. The summed E-state index contributed by atoms with van der Waals surface area (Å²) < 4.78 is 139. The Kier molecular flexibility index (Phi) is 23.7. The summed E-state index contributed by atoms with van der Waals surface area (Å²) in [6.45, 7) is 0. The van der Waals surface area contributed by atoms with Crippen molar-refractivity contribution in [2.75, 3.05) is 60.3 Å². The van der Waals surface area contributed by atoms with Crippen molar-refractivity contribution in [2.45, 2.75) is 12.8 Å². The van der Waals surface area contributed by atoms with Crippen molar-refractivity contribution < 1.29 is 85.7 Å². The highest BCUT2D eigenvalue weighted by Crippen LogP contribution is 2.32. The van der Waals surface area contributed by atoms with Gasteiger partial charge in [0.1, 0.15) is 22.5 Å². The van der Waals surface area contributed by atoms with E-state index in [2.05, 4.69) is 20.0 Å². The van der Waals surface area contributed by atoms with Gasteiger partial charge in [0.25, 0.3) is 17.7 Å². The molecule has 0 radical (unpaired) electrons. The molecule has 328 valence electrons. The van der Waals surface area contributed by atoms with Crippen LogP contribution in [0, 0.1) is 46.5 Å². The number of nitrogens with one attached hydrogen (secondary N) is 1. The first kappa shape index (κ1) is 54.3. The van der Waals surface area contributed by atoms with Crippen LogP contribution >= 0.6 is 23.2 Å². The maximum absolute atomic E-state index is 13.8. The molecular formula is C27H31Cl2F8N9O11Si2. The molecule has 1 aliphatic heterocycles. The zero-order chi connectivity index (χ0) is 45.8. The van der Waals surface area contributed by atoms with E-state index in [0.717, 1.165) is 0 Å². The number of hydrogen-bond donors (Lipinski definition) is 2. The van der Waals surface area contributed by atoms with Crippen LogP contribution < -0.4 is 11.1 Å². The molecular weight excluding hydrogens is 905 g/mol. The number of benzene rings is 2. The summed E-state index contributed by atoms with van der Waals surface area (Å²) in [6.07, 6.45) is -0.697. The van der Waals surface area contributed by atoms with Crippen LogP contribution in [-0.2, 0) is 41.0 Å². The molecule has 0 spiro atoms. The van der Waals surface area contributed by atoms with Crippen molar-refractivity contribution in [3.63, 3.8) is 0 Å². The number of carbonyl (C=O) groups is 4. The van der Waals surface area contributed by atoms with E-state index in [0.29, 0.717) is 6.17 Å². The Bertz CT molecular complexity index is 1850. The maximum Gasteiger partial charge on any atom is 0.520 e. The van der Waals surface area contributed by atoms with Gasteiger partial charge >= 0.3 is 23.6 Å². The molecule has 32 heteroatoms.